The topological polar surface area (TPSA) is 49.8 Å². The minimum Gasteiger partial charge on any atom is -0.370 e. The summed E-state index contributed by atoms with van der Waals surface area (Å²) < 4.78 is 0. The minimum absolute atomic E-state index is 0.399. The third-order valence-corrected chi connectivity index (χ3v) is 3.38. The zero-order valence-electron chi connectivity index (χ0n) is 13.7. The highest BCUT2D eigenvalue weighted by atomic mass is 15.1. The maximum absolute atomic E-state index is 4.45. The number of anilines is 2. The Kier molecular flexibility index (Phi) is 7.34. The number of nitrogens with one attached hydrogen (secondary N) is 2. The van der Waals surface area contributed by atoms with Crippen LogP contribution in [0.15, 0.2) is 6.33 Å². The Labute approximate surface area is 123 Å². The number of aromatic nitrogens is 2. The number of hydrogen-bond donors (Lipinski definition) is 2. The third-order valence-electron chi connectivity index (χ3n) is 3.38. The maximum atomic E-state index is 4.45. The van der Waals surface area contributed by atoms with Crippen molar-refractivity contribution in [3.63, 3.8) is 0 Å². The monoisotopic (exact) mass is 278 g/mol. The highest BCUT2D eigenvalue weighted by molar-refractivity contribution is 5.59. The average Bonchev–Trinajstić information content (AvgIpc) is 2.42. The summed E-state index contributed by atoms with van der Waals surface area (Å²) >= 11 is 0. The number of unbranched alkanes of at least 4 members (excludes halogenated alkanes) is 1. The van der Waals surface area contributed by atoms with Crippen LogP contribution < -0.4 is 10.6 Å². The lowest BCUT2D eigenvalue weighted by Crippen LogP contribution is -2.19. The summed E-state index contributed by atoms with van der Waals surface area (Å²) in [4.78, 5) is 8.86. The normalized spacial score (nSPS) is 12.5. The first-order valence-corrected chi connectivity index (χ1v) is 7.95. The van der Waals surface area contributed by atoms with Crippen LogP contribution in [0.3, 0.4) is 0 Å². The van der Waals surface area contributed by atoms with Gasteiger partial charge in [-0.05, 0) is 25.7 Å². The van der Waals surface area contributed by atoms with Crippen LogP contribution in [0.1, 0.15) is 71.8 Å². The lowest BCUT2D eigenvalue weighted by atomic mass is 10.0. The molecule has 1 aromatic rings. The molecular formula is C16H30N4. The zero-order valence-corrected chi connectivity index (χ0v) is 13.7. The van der Waals surface area contributed by atoms with E-state index >= 15 is 0 Å². The van der Waals surface area contributed by atoms with Crippen molar-refractivity contribution in [2.45, 2.75) is 72.3 Å². The minimum atomic E-state index is 0.399. The molecule has 0 fully saturated rings. The van der Waals surface area contributed by atoms with Crippen molar-refractivity contribution < 1.29 is 0 Å². The van der Waals surface area contributed by atoms with E-state index in [-0.39, 0.29) is 0 Å². The molecule has 1 atom stereocenters. The Morgan fingerprint density at radius 3 is 2.35 bits per heavy atom. The van der Waals surface area contributed by atoms with Gasteiger partial charge in [-0.2, -0.15) is 0 Å². The van der Waals surface area contributed by atoms with Crippen LogP contribution in [0.5, 0.6) is 0 Å². The predicted molar refractivity (Wildman–Crippen MR) is 87.5 cm³/mol. The van der Waals surface area contributed by atoms with Crippen LogP contribution >= 0.6 is 0 Å². The van der Waals surface area contributed by atoms with E-state index in [0.717, 1.165) is 24.6 Å². The molecule has 0 amide bonds. The van der Waals surface area contributed by atoms with Crippen molar-refractivity contribution in [2.24, 2.45) is 0 Å². The molecule has 1 heterocycles. The molecule has 0 aliphatic rings. The fourth-order valence-corrected chi connectivity index (χ4v) is 2.26. The second-order valence-electron chi connectivity index (χ2n) is 5.75. The molecule has 0 saturated carbocycles. The zero-order chi connectivity index (χ0) is 15.0. The summed E-state index contributed by atoms with van der Waals surface area (Å²) in [5.74, 6) is 2.36. The summed E-state index contributed by atoms with van der Waals surface area (Å²) in [6.45, 7) is 11.9. The summed E-state index contributed by atoms with van der Waals surface area (Å²) in [6.07, 6.45) is 6.40. The molecule has 0 spiro atoms. The van der Waals surface area contributed by atoms with E-state index in [0.29, 0.717) is 12.0 Å². The lowest BCUT2D eigenvalue weighted by Gasteiger charge is -2.21. The van der Waals surface area contributed by atoms with Gasteiger partial charge in [-0.3, -0.25) is 0 Å². The summed E-state index contributed by atoms with van der Waals surface area (Å²) in [6, 6.07) is 0.446. The van der Waals surface area contributed by atoms with Gasteiger partial charge in [-0.1, -0.05) is 40.5 Å². The lowest BCUT2D eigenvalue weighted by molar-refractivity contribution is 0.641. The third kappa shape index (κ3) is 4.99. The Morgan fingerprint density at radius 1 is 1.05 bits per heavy atom. The summed E-state index contributed by atoms with van der Waals surface area (Å²) in [5.41, 5.74) is 1.20. The molecule has 0 bridgehead atoms. The molecule has 114 valence electrons. The van der Waals surface area contributed by atoms with E-state index in [4.69, 9.17) is 0 Å². The SMILES string of the molecule is CCCCC(C)Nc1ncnc(NCCC)c1C(C)C. The molecule has 1 aromatic heterocycles. The van der Waals surface area contributed by atoms with Gasteiger partial charge in [0.2, 0.25) is 0 Å². The molecule has 4 nitrogen and oxygen atoms in total. The van der Waals surface area contributed by atoms with Crippen molar-refractivity contribution in [2.75, 3.05) is 17.2 Å². The van der Waals surface area contributed by atoms with Crippen LogP contribution in [-0.4, -0.2) is 22.6 Å². The molecular weight excluding hydrogens is 248 g/mol. The standard InChI is InChI=1S/C16H30N4/c1-6-8-9-13(5)20-16-14(12(3)4)15(17-10-7-2)18-11-19-16/h11-13H,6-10H2,1-5H3,(H2,17,18,19,20). The smallest absolute Gasteiger partial charge is 0.135 e. The van der Waals surface area contributed by atoms with Gasteiger partial charge in [0.25, 0.3) is 0 Å². The second-order valence-corrected chi connectivity index (χ2v) is 5.75. The van der Waals surface area contributed by atoms with E-state index in [2.05, 4.69) is 55.2 Å². The van der Waals surface area contributed by atoms with Crippen LogP contribution in [0, 0.1) is 0 Å². The molecule has 2 N–H and O–H groups in total. The van der Waals surface area contributed by atoms with Crippen molar-refractivity contribution in [1.29, 1.82) is 0 Å². The Bertz CT molecular complexity index is 390. The molecule has 0 saturated heterocycles. The van der Waals surface area contributed by atoms with Gasteiger partial charge in [0.15, 0.2) is 0 Å². The second kappa shape index (κ2) is 8.77. The highest BCUT2D eigenvalue weighted by Crippen LogP contribution is 2.29. The van der Waals surface area contributed by atoms with Crippen LogP contribution in [0.2, 0.25) is 0 Å². The Balaban J connectivity index is 2.88. The van der Waals surface area contributed by atoms with Gasteiger partial charge >= 0.3 is 0 Å². The first kappa shape index (κ1) is 16.7. The fraction of sp³-hybridized carbons (Fsp3) is 0.750. The van der Waals surface area contributed by atoms with Crippen LogP contribution in [-0.2, 0) is 0 Å². The maximum Gasteiger partial charge on any atom is 0.135 e. The number of rotatable bonds is 9. The summed E-state index contributed by atoms with van der Waals surface area (Å²) in [5, 5.41) is 6.96. The van der Waals surface area contributed by atoms with E-state index in [1.54, 1.807) is 6.33 Å². The molecule has 1 unspecified atom stereocenters. The molecule has 0 radical (unpaired) electrons. The largest absolute Gasteiger partial charge is 0.370 e. The Morgan fingerprint density at radius 2 is 1.75 bits per heavy atom. The fourth-order valence-electron chi connectivity index (χ4n) is 2.26. The Hall–Kier alpha value is -1.32. The highest BCUT2D eigenvalue weighted by Gasteiger charge is 2.16. The van der Waals surface area contributed by atoms with Gasteiger partial charge < -0.3 is 10.6 Å². The number of hydrogen-bond acceptors (Lipinski definition) is 4. The van der Waals surface area contributed by atoms with E-state index in [1.807, 2.05) is 0 Å². The van der Waals surface area contributed by atoms with Crippen LogP contribution in [0.25, 0.3) is 0 Å². The molecule has 0 aliphatic carbocycles. The van der Waals surface area contributed by atoms with Crippen molar-refractivity contribution in [3.8, 4) is 0 Å². The van der Waals surface area contributed by atoms with Crippen molar-refractivity contribution >= 4 is 11.6 Å². The van der Waals surface area contributed by atoms with Gasteiger partial charge in [-0.15, -0.1) is 0 Å². The van der Waals surface area contributed by atoms with E-state index in [9.17, 15) is 0 Å². The van der Waals surface area contributed by atoms with Gasteiger partial charge in [0.05, 0.1) is 0 Å². The molecule has 1 rings (SSSR count). The van der Waals surface area contributed by atoms with Crippen molar-refractivity contribution in [3.05, 3.63) is 11.9 Å². The first-order chi connectivity index (χ1) is 9.60. The van der Waals surface area contributed by atoms with E-state index < -0.39 is 0 Å². The predicted octanol–water partition coefficient (Wildman–Crippen LogP) is 4.41. The molecule has 4 heteroatoms. The van der Waals surface area contributed by atoms with Gasteiger partial charge in [0.1, 0.15) is 18.0 Å². The van der Waals surface area contributed by atoms with Gasteiger partial charge in [0, 0.05) is 18.2 Å². The first-order valence-electron chi connectivity index (χ1n) is 7.95. The van der Waals surface area contributed by atoms with Gasteiger partial charge in [-0.25, -0.2) is 9.97 Å². The van der Waals surface area contributed by atoms with E-state index in [1.165, 1.54) is 24.8 Å². The quantitative estimate of drug-likeness (QED) is 0.702. The van der Waals surface area contributed by atoms with Crippen LogP contribution in [0.4, 0.5) is 11.6 Å². The van der Waals surface area contributed by atoms with Crippen molar-refractivity contribution in [1.82, 2.24) is 9.97 Å². The molecule has 0 aliphatic heterocycles. The number of nitrogens with zero attached hydrogens (tertiary/aromatic N) is 2. The average molecular weight is 278 g/mol. The molecule has 20 heavy (non-hydrogen) atoms. The summed E-state index contributed by atoms with van der Waals surface area (Å²) in [7, 11) is 0. The molecule has 0 aromatic carbocycles.